The largest absolute Gasteiger partial charge is 0.298 e. The molecule has 0 spiro atoms. The summed E-state index contributed by atoms with van der Waals surface area (Å²) in [4.78, 5) is 15.4. The van der Waals surface area contributed by atoms with E-state index in [1.54, 1.807) is 12.1 Å². The van der Waals surface area contributed by atoms with E-state index in [0.29, 0.717) is 10.5 Å². The van der Waals surface area contributed by atoms with E-state index in [4.69, 9.17) is 0 Å². The first-order chi connectivity index (χ1) is 9.47. The fraction of sp³-hybridized carbons (Fsp3) is 0.571. The molecule has 1 aliphatic rings. The predicted octanol–water partition coefficient (Wildman–Crippen LogP) is 2.88. The van der Waals surface area contributed by atoms with Gasteiger partial charge in [-0.05, 0) is 41.4 Å². The highest BCUT2D eigenvalue weighted by Crippen LogP contribution is 2.26. The van der Waals surface area contributed by atoms with Crippen molar-refractivity contribution in [3.63, 3.8) is 0 Å². The normalized spacial score (nSPS) is 17.6. The molecule has 1 aromatic carbocycles. The van der Waals surface area contributed by atoms with Crippen molar-refractivity contribution in [1.82, 2.24) is 9.80 Å². The van der Waals surface area contributed by atoms with Gasteiger partial charge < -0.3 is 0 Å². The lowest BCUT2D eigenvalue weighted by atomic mass is 10.1. The van der Waals surface area contributed by atoms with Crippen LogP contribution >= 0.6 is 15.9 Å². The van der Waals surface area contributed by atoms with Crippen LogP contribution in [0, 0.1) is 10.1 Å². The summed E-state index contributed by atoms with van der Waals surface area (Å²) in [7, 11) is 0. The monoisotopic (exact) mass is 341 g/mol. The number of nitro groups is 1. The van der Waals surface area contributed by atoms with Crippen LogP contribution < -0.4 is 0 Å². The Morgan fingerprint density at radius 1 is 1.30 bits per heavy atom. The summed E-state index contributed by atoms with van der Waals surface area (Å²) in [6.45, 7) is 9.37. The molecule has 0 atom stereocenters. The van der Waals surface area contributed by atoms with Crippen molar-refractivity contribution in [2.45, 2.75) is 26.4 Å². The summed E-state index contributed by atoms with van der Waals surface area (Å²) in [5, 5.41) is 10.9. The average molecular weight is 342 g/mol. The summed E-state index contributed by atoms with van der Waals surface area (Å²) in [6, 6.07) is 5.97. The van der Waals surface area contributed by atoms with Gasteiger partial charge in [0.1, 0.15) is 0 Å². The third-order valence-electron chi connectivity index (χ3n) is 3.75. The Labute approximate surface area is 127 Å². The van der Waals surface area contributed by atoms with Gasteiger partial charge in [-0.3, -0.25) is 19.9 Å². The molecule has 1 fully saturated rings. The lowest BCUT2D eigenvalue weighted by Crippen LogP contribution is -2.48. The first kappa shape index (κ1) is 15.4. The maximum atomic E-state index is 10.9. The molecule has 0 aliphatic carbocycles. The first-order valence-electron chi connectivity index (χ1n) is 6.86. The van der Waals surface area contributed by atoms with Gasteiger partial charge in [0.2, 0.25) is 0 Å². The number of nitro benzene ring substituents is 1. The minimum atomic E-state index is -0.343. The molecule has 20 heavy (non-hydrogen) atoms. The lowest BCUT2D eigenvalue weighted by Gasteiger charge is -2.36. The van der Waals surface area contributed by atoms with Crippen LogP contribution in [0.4, 0.5) is 5.69 Å². The molecule has 1 saturated heterocycles. The van der Waals surface area contributed by atoms with E-state index >= 15 is 0 Å². The second-order valence-corrected chi connectivity index (χ2v) is 6.30. The molecule has 6 heteroatoms. The van der Waals surface area contributed by atoms with Crippen molar-refractivity contribution in [1.29, 1.82) is 0 Å². The lowest BCUT2D eigenvalue weighted by molar-refractivity contribution is -0.385. The van der Waals surface area contributed by atoms with E-state index in [1.807, 2.05) is 6.07 Å². The van der Waals surface area contributed by atoms with Crippen LogP contribution in [0.15, 0.2) is 22.7 Å². The number of hydrogen-bond acceptors (Lipinski definition) is 4. The predicted molar refractivity (Wildman–Crippen MR) is 82.8 cm³/mol. The Bertz CT molecular complexity index is 485. The molecule has 0 aromatic heterocycles. The Hall–Kier alpha value is -0.980. The van der Waals surface area contributed by atoms with Gasteiger partial charge in [-0.25, -0.2) is 0 Å². The number of piperazine rings is 1. The van der Waals surface area contributed by atoms with Crippen LogP contribution in [0.3, 0.4) is 0 Å². The first-order valence-corrected chi connectivity index (χ1v) is 7.66. The Balaban J connectivity index is 1.98. The molecule has 0 unspecified atom stereocenters. The summed E-state index contributed by atoms with van der Waals surface area (Å²) in [5.41, 5.74) is 1.14. The van der Waals surface area contributed by atoms with Gasteiger partial charge in [-0.1, -0.05) is 6.07 Å². The zero-order valence-corrected chi connectivity index (χ0v) is 13.5. The topological polar surface area (TPSA) is 49.6 Å². The van der Waals surface area contributed by atoms with Crippen LogP contribution in [0.1, 0.15) is 19.4 Å². The average Bonchev–Trinajstić information content (AvgIpc) is 2.41. The minimum absolute atomic E-state index is 0.142. The summed E-state index contributed by atoms with van der Waals surface area (Å²) >= 11 is 3.22. The third-order valence-corrected chi connectivity index (χ3v) is 4.42. The number of nitrogens with zero attached hydrogens (tertiary/aromatic N) is 3. The number of benzene rings is 1. The SMILES string of the molecule is CC(C)N1CCN(Cc2ccc(Br)c([N+](=O)[O-])c2)CC1. The maximum absolute atomic E-state index is 10.9. The van der Waals surface area contributed by atoms with Crippen molar-refractivity contribution < 1.29 is 4.92 Å². The molecular weight excluding hydrogens is 322 g/mol. The molecule has 0 amide bonds. The fourth-order valence-corrected chi connectivity index (χ4v) is 2.88. The fourth-order valence-electron chi connectivity index (χ4n) is 2.49. The van der Waals surface area contributed by atoms with Gasteiger partial charge in [-0.15, -0.1) is 0 Å². The molecule has 0 N–H and O–H groups in total. The quantitative estimate of drug-likeness (QED) is 0.624. The summed E-state index contributed by atoms with van der Waals surface area (Å²) in [5.74, 6) is 0. The van der Waals surface area contributed by atoms with Crippen molar-refractivity contribution in [3.8, 4) is 0 Å². The van der Waals surface area contributed by atoms with Gasteiger partial charge in [0.05, 0.1) is 9.40 Å². The highest BCUT2D eigenvalue weighted by molar-refractivity contribution is 9.10. The minimum Gasteiger partial charge on any atom is -0.298 e. The molecule has 1 aromatic rings. The zero-order valence-electron chi connectivity index (χ0n) is 11.9. The summed E-state index contributed by atoms with van der Waals surface area (Å²) in [6.07, 6.45) is 0. The third kappa shape index (κ3) is 3.77. The van der Waals surface area contributed by atoms with Crippen LogP contribution in [0.5, 0.6) is 0 Å². The molecule has 0 saturated carbocycles. The van der Waals surface area contributed by atoms with E-state index in [-0.39, 0.29) is 10.6 Å². The smallest absolute Gasteiger partial charge is 0.283 e. The van der Waals surface area contributed by atoms with E-state index in [2.05, 4.69) is 39.6 Å². The number of halogens is 1. The van der Waals surface area contributed by atoms with Crippen molar-refractivity contribution in [3.05, 3.63) is 38.3 Å². The summed E-state index contributed by atoms with van der Waals surface area (Å²) < 4.78 is 0.538. The van der Waals surface area contributed by atoms with Gasteiger partial charge in [0.15, 0.2) is 0 Å². The second kappa shape index (κ2) is 6.65. The molecule has 2 rings (SSSR count). The molecule has 110 valence electrons. The Kier molecular flexibility index (Phi) is 5.12. The number of hydrogen-bond donors (Lipinski definition) is 0. The van der Waals surface area contributed by atoms with Crippen molar-refractivity contribution in [2.75, 3.05) is 26.2 Å². The second-order valence-electron chi connectivity index (χ2n) is 5.45. The van der Waals surface area contributed by atoms with Gasteiger partial charge in [0, 0.05) is 44.8 Å². The van der Waals surface area contributed by atoms with Gasteiger partial charge in [0.25, 0.3) is 5.69 Å². The highest BCUT2D eigenvalue weighted by Gasteiger charge is 2.20. The number of rotatable bonds is 4. The van der Waals surface area contributed by atoms with Crippen LogP contribution in [-0.4, -0.2) is 46.9 Å². The van der Waals surface area contributed by atoms with Gasteiger partial charge in [-0.2, -0.15) is 0 Å². The van der Waals surface area contributed by atoms with E-state index < -0.39 is 0 Å². The van der Waals surface area contributed by atoms with E-state index in [1.165, 1.54) is 0 Å². The van der Waals surface area contributed by atoms with Gasteiger partial charge >= 0.3 is 0 Å². The molecule has 5 nitrogen and oxygen atoms in total. The van der Waals surface area contributed by atoms with Crippen LogP contribution in [0.2, 0.25) is 0 Å². The molecule has 1 aliphatic heterocycles. The molecular formula is C14H20BrN3O2. The van der Waals surface area contributed by atoms with Crippen LogP contribution in [-0.2, 0) is 6.54 Å². The van der Waals surface area contributed by atoms with E-state index in [0.717, 1.165) is 38.3 Å². The standard InChI is InChI=1S/C14H20BrN3O2/c1-11(2)17-7-5-16(6-8-17)10-12-3-4-13(15)14(9-12)18(19)20/h3-4,9,11H,5-8,10H2,1-2H3. The highest BCUT2D eigenvalue weighted by atomic mass is 79.9. The Morgan fingerprint density at radius 2 is 1.95 bits per heavy atom. The maximum Gasteiger partial charge on any atom is 0.283 e. The zero-order chi connectivity index (χ0) is 14.7. The Morgan fingerprint density at radius 3 is 2.50 bits per heavy atom. The van der Waals surface area contributed by atoms with Crippen molar-refractivity contribution >= 4 is 21.6 Å². The molecule has 1 heterocycles. The molecule has 0 radical (unpaired) electrons. The van der Waals surface area contributed by atoms with E-state index in [9.17, 15) is 10.1 Å². The van der Waals surface area contributed by atoms with Crippen LogP contribution in [0.25, 0.3) is 0 Å². The van der Waals surface area contributed by atoms with Crippen molar-refractivity contribution in [2.24, 2.45) is 0 Å². The molecule has 0 bridgehead atoms.